The minimum absolute atomic E-state index is 0.501. The highest BCUT2D eigenvalue weighted by molar-refractivity contribution is 5.19. The third-order valence-corrected chi connectivity index (χ3v) is 4.59. The summed E-state index contributed by atoms with van der Waals surface area (Å²) in [4.78, 5) is 0. The minimum Gasteiger partial charge on any atom is -0.309 e. The monoisotopic (exact) mass is 259 g/mol. The summed E-state index contributed by atoms with van der Waals surface area (Å²) in [5.74, 6) is 2.48. The van der Waals surface area contributed by atoms with Crippen molar-refractivity contribution in [1.82, 2.24) is 5.32 Å². The van der Waals surface area contributed by atoms with Gasteiger partial charge in [-0.25, -0.2) is 0 Å². The van der Waals surface area contributed by atoms with Gasteiger partial charge in [0.15, 0.2) is 0 Å². The van der Waals surface area contributed by atoms with Gasteiger partial charge < -0.3 is 5.32 Å². The fraction of sp³-hybridized carbons (Fsp3) is 0.667. The van der Waals surface area contributed by atoms with Gasteiger partial charge in [0, 0.05) is 6.04 Å². The molecule has 1 aromatic carbocycles. The van der Waals surface area contributed by atoms with Crippen LogP contribution in [0.15, 0.2) is 30.3 Å². The zero-order chi connectivity index (χ0) is 13.7. The molecule has 2 rings (SSSR count). The first kappa shape index (κ1) is 14.6. The molecule has 0 radical (unpaired) electrons. The van der Waals surface area contributed by atoms with E-state index in [0.29, 0.717) is 12.0 Å². The fourth-order valence-corrected chi connectivity index (χ4v) is 3.23. The summed E-state index contributed by atoms with van der Waals surface area (Å²) in [5, 5.41) is 3.82. The molecule has 19 heavy (non-hydrogen) atoms. The van der Waals surface area contributed by atoms with E-state index in [9.17, 15) is 0 Å². The van der Waals surface area contributed by atoms with Gasteiger partial charge in [0.1, 0.15) is 0 Å². The SMILES string of the molecule is CC1CCC(CNC(c2ccccc2)C(C)C)CC1. The van der Waals surface area contributed by atoms with Crippen LogP contribution < -0.4 is 5.32 Å². The molecule has 106 valence electrons. The minimum atomic E-state index is 0.501. The predicted molar refractivity (Wildman–Crippen MR) is 83.1 cm³/mol. The van der Waals surface area contributed by atoms with Crippen molar-refractivity contribution in [2.75, 3.05) is 6.54 Å². The molecule has 0 spiro atoms. The third kappa shape index (κ3) is 4.35. The molecule has 0 bridgehead atoms. The van der Waals surface area contributed by atoms with Gasteiger partial charge in [-0.2, -0.15) is 0 Å². The standard InChI is InChI=1S/C18H29N/c1-14(2)18(17-7-5-4-6-8-17)19-13-16-11-9-15(3)10-12-16/h4-8,14-16,18-19H,9-13H2,1-3H3. The van der Waals surface area contributed by atoms with Crippen LogP contribution in [-0.2, 0) is 0 Å². The largest absolute Gasteiger partial charge is 0.309 e. The fourth-order valence-electron chi connectivity index (χ4n) is 3.23. The first-order valence-corrected chi connectivity index (χ1v) is 7.95. The van der Waals surface area contributed by atoms with Crippen molar-refractivity contribution in [3.63, 3.8) is 0 Å². The Hall–Kier alpha value is -0.820. The van der Waals surface area contributed by atoms with Crippen molar-refractivity contribution >= 4 is 0 Å². The molecule has 1 aliphatic rings. The lowest BCUT2D eigenvalue weighted by Gasteiger charge is -2.30. The van der Waals surface area contributed by atoms with Crippen molar-refractivity contribution in [1.29, 1.82) is 0 Å². The Morgan fingerprint density at radius 1 is 1.05 bits per heavy atom. The number of hydrogen-bond donors (Lipinski definition) is 1. The molecule has 1 fully saturated rings. The molecule has 0 aliphatic heterocycles. The Balaban J connectivity index is 1.88. The molecule has 1 N–H and O–H groups in total. The smallest absolute Gasteiger partial charge is 0.0343 e. The van der Waals surface area contributed by atoms with Crippen molar-refractivity contribution in [3.05, 3.63) is 35.9 Å². The Bertz CT molecular complexity index is 349. The quantitative estimate of drug-likeness (QED) is 0.801. The summed E-state index contributed by atoms with van der Waals surface area (Å²) in [6.07, 6.45) is 5.66. The number of rotatable bonds is 5. The Kier molecular flexibility index (Phi) is 5.45. The average Bonchev–Trinajstić information content (AvgIpc) is 2.42. The predicted octanol–water partition coefficient (Wildman–Crippen LogP) is 4.80. The molecule has 1 unspecified atom stereocenters. The maximum absolute atomic E-state index is 3.82. The highest BCUT2D eigenvalue weighted by atomic mass is 14.9. The summed E-state index contributed by atoms with van der Waals surface area (Å²) in [6.45, 7) is 8.20. The molecule has 1 heteroatoms. The lowest BCUT2D eigenvalue weighted by molar-refractivity contribution is 0.264. The van der Waals surface area contributed by atoms with E-state index in [2.05, 4.69) is 56.4 Å². The zero-order valence-corrected chi connectivity index (χ0v) is 12.7. The normalized spacial score (nSPS) is 25.5. The van der Waals surface area contributed by atoms with Gasteiger partial charge in [0.05, 0.1) is 0 Å². The van der Waals surface area contributed by atoms with Crippen LogP contribution in [0, 0.1) is 17.8 Å². The van der Waals surface area contributed by atoms with E-state index < -0.39 is 0 Å². The van der Waals surface area contributed by atoms with Crippen LogP contribution in [-0.4, -0.2) is 6.54 Å². The van der Waals surface area contributed by atoms with Gasteiger partial charge in [-0.3, -0.25) is 0 Å². The Morgan fingerprint density at radius 3 is 2.26 bits per heavy atom. The van der Waals surface area contributed by atoms with Crippen LogP contribution in [0.4, 0.5) is 0 Å². The van der Waals surface area contributed by atoms with E-state index in [4.69, 9.17) is 0 Å². The van der Waals surface area contributed by atoms with E-state index in [1.54, 1.807) is 0 Å². The summed E-state index contributed by atoms with van der Waals surface area (Å²) in [7, 11) is 0. The summed E-state index contributed by atoms with van der Waals surface area (Å²) < 4.78 is 0. The second-order valence-corrected chi connectivity index (χ2v) is 6.67. The summed E-state index contributed by atoms with van der Waals surface area (Å²) in [6, 6.07) is 11.4. The summed E-state index contributed by atoms with van der Waals surface area (Å²) >= 11 is 0. The second kappa shape index (κ2) is 7.09. The van der Waals surface area contributed by atoms with Crippen molar-refractivity contribution in [2.24, 2.45) is 17.8 Å². The molecule has 0 aromatic heterocycles. The van der Waals surface area contributed by atoms with Gasteiger partial charge in [-0.05, 0) is 42.7 Å². The zero-order valence-electron chi connectivity index (χ0n) is 12.7. The maximum atomic E-state index is 3.82. The van der Waals surface area contributed by atoms with Crippen LogP contribution in [0.25, 0.3) is 0 Å². The molecule has 1 atom stereocenters. The average molecular weight is 259 g/mol. The van der Waals surface area contributed by atoms with Gasteiger partial charge in [-0.1, -0.05) is 63.9 Å². The Labute approximate surface area is 118 Å². The van der Waals surface area contributed by atoms with Gasteiger partial charge in [0.25, 0.3) is 0 Å². The van der Waals surface area contributed by atoms with Crippen LogP contribution in [0.3, 0.4) is 0 Å². The lowest BCUT2D eigenvalue weighted by atomic mass is 9.82. The number of nitrogens with one attached hydrogen (secondary N) is 1. The summed E-state index contributed by atoms with van der Waals surface area (Å²) in [5.41, 5.74) is 1.43. The molecule has 1 saturated carbocycles. The molecular formula is C18H29N. The molecule has 1 aliphatic carbocycles. The molecular weight excluding hydrogens is 230 g/mol. The van der Waals surface area contributed by atoms with E-state index >= 15 is 0 Å². The van der Waals surface area contributed by atoms with E-state index in [0.717, 1.165) is 11.8 Å². The number of benzene rings is 1. The number of hydrogen-bond acceptors (Lipinski definition) is 1. The lowest BCUT2D eigenvalue weighted by Crippen LogP contribution is -2.32. The van der Waals surface area contributed by atoms with Crippen LogP contribution in [0.5, 0.6) is 0 Å². The molecule has 0 heterocycles. The van der Waals surface area contributed by atoms with Crippen LogP contribution >= 0.6 is 0 Å². The van der Waals surface area contributed by atoms with E-state index in [-0.39, 0.29) is 0 Å². The van der Waals surface area contributed by atoms with Gasteiger partial charge in [0.2, 0.25) is 0 Å². The first-order valence-electron chi connectivity index (χ1n) is 7.95. The molecule has 0 saturated heterocycles. The molecule has 1 nitrogen and oxygen atoms in total. The van der Waals surface area contributed by atoms with E-state index in [1.165, 1.54) is 37.8 Å². The van der Waals surface area contributed by atoms with Crippen molar-refractivity contribution < 1.29 is 0 Å². The van der Waals surface area contributed by atoms with Crippen molar-refractivity contribution in [3.8, 4) is 0 Å². The van der Waals surface area contributed by atoms with Crippen molar-refractivity contribution in [2.45, 2.75) is 52.5 Å². The first-order chi connectivity index (χ1) is 9.16. The maximum Gasteiger partial charge on any atom is 0.0343 e. The Morgan fingerprint density at radius 2 is 1.68 bits per heavy atom. The molecule has 1 aromatic rings. The topological polar surface area (TPSA) is 12.0 Å². The van der Waals surface area contributed by atoms with Gasteiger partial charge >= 0.3 is 0 Å². The highest BCUT2D eigenvalue weighted by Gasteiger charge is 2.21. The van der Waals surface area contributed by atoms with Crippen LogP contribution in [0.1, 0.15) is 58.1 Å². The second-order valence-electron chi connectivity index (χ2n) is 6.67. The van der Waals surface area contributed by atoms with Crippen LogP contribution in [0.2, 0.25) is 0 Å². The van der Waals surface area contributed by atoms with E-state index in [1.807, 2.05) is 0 Å². The van der Waals surface area contributed by atoms with Gasteiger partial charge in [-0.15, -0.1) is 0 Å². The molecule has 0 amide bonds. The highest BCUT2D eigenvalue weighted by Crippen LogP contribution is 2.29. The third-order valence-electron chi connectivity index (χ3n) is 4.59.